The molecule has 0 unspecified atom stereocenters. The van der Waals surface area contributed by atoms with Gasteiger partial charge in [0.05, 0.1) is 25.5 Å². The van der Waals surface area contributed by atoms with Gasteiger partial charge in [-0.3, -0.25) is 14.5 Å². The van der Waals surface area contributed by atoms with E-state index >= 15 is 0 Å². The number of nitrogens with one attached hydrogen (secondary N) is 1. The average Bonchev–Trinajstić information content (AvgIpc) is 3.74. The minimum Gasteiger partial charge on any atom is -0.494 e. The molecule has 0 radical (unpaired) electrons. The van der Waals surface area contributed by atoms with Crippen molar-refractivity contribution in [1.82, 2.24) is 35.0 Å². The number of tetrazole rings is 1. The number of carbonyl (C=O) groups excluding carboxylic acids is 1. The summed E-state index contributed by atoms with van der Waals surface area (Å²) in [6.07, 6.45) is 3.47. The molecule has 6 rings (SSSR count). The highest BCUT2D eigenvalue weighted by Gasteiger charge is 2.35. The lowest BCUT2D eigenvalue weighted by Crippen LogP contribution is -2.50. The molecule has 4 aromatic rings. The van der Waals surface area contributed by atoms with Gasteiger partial charge in [0.1, 0.15) is 11.8 Å². The molecular formula is C27H31N7O5. The Morgan fingerprint density at radius 3 is 2.82 bits per heavy atom. The lowest BCUT2D eigenvalue weighted by molar-refractivity contribution is 0.0550. The molecule has 0 bridgehead atoms. The van der Waals surface area contributed by atoms with Crippen LogP contribution >= 0.6 is 0 Å². The molecule has 2 fully saturated rings. The molecule has 39 heavy (non-hydrogen) atoms. The Morgan fingerprint density at radius 2 is 2.08 bits per heavy atom. The third-order valence-electron chi connectivity index (χ3n) is 7.35. The summed E-state index contributed by atoms with van der Waals surface area (Å²) in [4.78, 5) is 33.3. The maximum atomic E-state index is 13.5. The van der Waals surface area contributed by atoms with Crippen LogP contribution < -0.4 is 10.3 Å². The van der Waals surface area contributed by atoms with Crippen LogP contribution in [-0.2, 0) is 11.3 Å². The molecule has 1 N–H and O–H groups in total. The average molecular weight is 534 g/mol. The first kappa shape index (κ1) is 25.3. The predicted molar refractivity (Wildman–Crippen MR) is 141 cm³/mol. The number of furan rings is 1. The van der Waals surface area contributed by atoms with Crippen LogP contribution in [0.5, 0.6) is 5.75 Å². The molecule has 2 aliphatic heterocycles. The zero-order valence-electron chi connectivity index (χ0n) is 21.8. The third kappa shape index (κ3) is 5.17. The van der Waals surface area contributed by atoms with Gasteiger partial charge in [-0.15, -0.1) is 5.10 Å². The fourth-order valence-electron chi connectivity index (χ4n) is 5.42. The van der Waals surface area contributed by atoms with E-state index in [9.17, 15) is 9.59 Å². The summed E-state index contributed by atoms with van der Waals surface area (Å²) in [6.45, 7) is 5.72. The zero-order chi connectivity index (χ0) is 26.8. The summed E-state index contributed by atoms with van der Waals surface area (Å²) in [5, 5.41) is 13.5. The monoisotopic (exact) mass is 533 g/mol. The smallest absolute Gasteiger partial charge is 0.289 e. The van der Waals surface area contributed by atoms with Gasteiger partial charge in [0.15, 0.2) is 11.6 Å². The SMILES string of the molecule is CCOc1ccc2[nH]c(=O)c([C@@H](c3nnnn3C[C@@H]3CCCO3)N3CCN(C(=O)c4ccco4)CC3)cc2c1. The minimum absolute atomic E-state index is 0.0271. The fraction of sp³-hybridized carbons (Fsp3) is 0.444. The molecule has 2 aliphatic rings. The molecule has 12 heteroatoms. The second-order valence-electron chi connectivity index (χ2n) is 9.80. The number of piperazine rings is 1. The topological polar surface area (TPSA) is 132 Å². The Balaban J connectivity index is 1.35. The largest absolute Gasteiger partial charge is 0.494 e. The quantitative estimate of drug-likeness (QED) is 0.362. The van der Waals surface area contributed by atoms with Gasteiger partial charge in [0, 0.05) is 49.3 Å². The van der Waals surface area contributed by atoms with Gasteiger partial charge in [-0.25, -0.2) is 4.68 Å². The summed E-state index contributed by atoms with van der Waals surface area (Å²) in [7, 11) is 0. The number of hydrogen-bond donors (Lipinski definition) is 1. The summed E-state index contributed by atoms with van der Waals surface area (Å²) in [5.74, 6) is 1.47. The fourth-order valence-corrected chi connectivity index (χ4v) is 5.42. The van der Waals surface area contributed by atoms with Gasteiger partial charge >= 0.3 is 0 Å². The number of aromatic amines is 1. The molecule has 0 aliphatic carbocycles. The first-order valence-electron chi connectivity index (χ1n) is 13.3. The lowest BCUT2D eigenvalue weighted by Gasteiger charge is -2.38. The van der Waals surface area contributed by atoms with Crippen molar-refractivity contribution in [3.63, 3.8) is 0 Å². The van der Waals surface area contributed by atoms with Crippen molar-refractivity contribution in [2.24, 2.45) is 0 Å². The van der Waals surface area contributed by atoms with E-state index in [1.54, 1.807) is 21.7 Å². The number of H-pyrrole nitrogens is 1. The van der Waals surface area contributed by atoms with E-state index in [0.717, 1.165) is 36.1 Å². The minimum atomic E-state index is -0.522. The summed E-state index contributed by atoms with van der Waals surface area (Å²) >= 11 is 0. The van der Waals surface area contributed by atoms with Crippen LogP contribution in [0.4, 0.5) is 0 Å². The van der Waals surface area contributed by atoms with Gasteiger partial charge in [-0.05, 0) is 66.6 Å². The Kier molecular flexibility index (Phi) is 7.12. The molecule has 1 amide bonds. The summed E-state index contributed by atoms with van der Waals surface area (Å²) < 4.78 is 18.6. The Hall–Kier alpha value is -4.03. The molecular weight excluding hydrogens is 502 g/mol. The second kappa shape index (κ2) is 11.0. The maximum absolute atomic E-state index is 13.5. The van der Waals surface area contributed by atoms with E-state index in [-0.39, 0.29) is 17.6 Å². The highest BCUT2D eigenvalue weighted by Crippen LogP contribution is 2.30. The maximum Gasteiger partial charge on any atom is 0.289 e. The molecule has 204 valence electrons. The van der Waals surface area contributed by atoms with Crippen LogP contribution in [0.2, 0.25) is 0 Å². The van der Waals surface area contributed by atoms with Gasteiger partial charge in [0.2, 0.25) is 0 Å². The van der Waals surface area contributed by atoms with Crippen LogP contribution in [0.15, 0.2) is 51.9 Å². The first-order chi connectivity index (χ1) is 19.1. The van der Waals surface area contributed by atoms with Crippen LogP contribution in [0.3, 0.4) is 0 Å². The van der Waals surface area contributed by atoms with E-state index < -0.39 is 6.04 Å². The van der Waals surface area contributed by atoms with Gasteiger partial charge in [-0.1, -0.05) is 0 Å². The number of hydrogen-bond acceptors (Lipinski definition) is 9. The van der Waals surface area contributed by atoms with E-state index in [1.165, 1.54) is 6.26 Å². The molecule has 2 atom stereocenters. The van der Waals surface area contributed by atoms with Crippen molar-refractivity contribution >= 4 is 16.8 Å². The first-order valence-corrected chi connectivity index (χ1v) is 13.3. The number of carbonyl (C=O) groups is 1. The van der Waals surface area contributed by atoms with E-state index in [4.69, 9.17) is 13.9 Å². The van der Waals surface area contributed by atoms with Crippen LogP contribution in [0, 0.1) is 0 Å². The Morgan fingerprint density at radius 1 is 1.21 bits per heavy atom. The number of fused-ring (bicyclic) bond motifs is 1. The lowest BCUT2D eigenvalue weighted by atomic mass is 10.0. The van der Waals surface area contributed by atoms with Crippen LogP contribution in [0.1, 0.15) is 47.7 Å². The third-order valence-corrected chi connectivity index (χ3v) is 7.35. The van der Waals surface area contributed by atoms with Crippen molar-refractivity contribution in [2.45, 2.75) is 38.5 Å². The van der Waals surface area contributed by atoms with E-state index in [1.807, 2.05) is 31.2 Å². The number of pyridine rings is 1. The number of nitrogens with zero attached hydrogens (tertiary/aromatic N) is 6. The second-order valence-corrected chi connectivity index (χ2v) is 9.80. The van der Waals surface area contributed by atoms with Crippen molar-refractivity contribution in [2.75, 3.05) is 39.4 Å². The molecule has 12 nitrogen and oxygen atoms in total. The van der Waals surface area contributed by atoms with Crippen molar-refractivity contribution in [1.29, 1.82) is 0 Å². The van der Waals surface area contributed by atoms with Crippen molar-refractivity contribution in [3.8, 4) is 5.75 Å². The van der Waals surface area contributed by atoms with Crippen molar-refractivity contribution < 1.29 is 18.7 Å². The number of rotatable bonds is 8. The number of ether oxygens (including phenoxy) is 2. The summed E-state index contributed by atoms with van der Waals surface area (Å²) in [6, 6.07) is 10.4. The highest BCUT2D eigenvalue weighted by molar-refractivity contribution is 5.91. The number of aromatic nitrogens is 5. The van der Waals surface area contributed by atoms with Crippen LogP contribution in [-0.4, -0.2) is 86.4 Å². The van der Waals surface area contributed by atoms with Gasteiger partial charge < -0.3 is 23.8 Å². The number of amides is 1. The molecule has 1 aromatic carbocycles. The number of benzene rings is 1. The van der Waals surface area contributed by atoms with E-state index in [2.05, 4.69) is 25.4 Å². The molecule has 0 saturated carbocycles. The van der Waals surface area contributed by atoms with Crippen LogP contribution in [0.25, 0.3) is 10.9 Å². The van der Waals surface area contributed by atoms with Gasteiger partial charge in [-0.2, -0.15) is 0 Å². The molecule has 3 aromatic heterocycles. The Bertz CT molecular complexity index is 1480. The van der Waals surface area contributed by atoms with E-state index in [0.29, 0.717) is 56.5 Å². The standard InChI is InChI=1S/C27H31N7O5/c1-2-37-19-7-8-22-18(15-19)16-21(26(35)28-22)24(25-29-30-31-34(25)17-20-5-3-13-38-20)32-9-11-33(12-10-32)27(36)23-6-4-14-39-23/h4,6-8,14-16,20,24H,2-3,5,9-13,17H2,1H3,(H,28,35)/t20-,24-/m0/s1. The normalized spacial score (nSPS) is 19.0. The molecule has 2 saturated heterocycles. The zero-order valence-corrected chi connectivity index (χ0v) is 21.8. The van der Waals surface area contributed by atoms with Crippen molar-refractivity contribution in [3.05, 3.63) is 70.2 Å². The summed E-state index contributed by atoms with van der Waals surface area (Å²) in [5.41, 5.74) is 1.04. The predicted octanol–water partition coefficient (Wildman–Crippen LogP) is 2.23. The molecule has 0 spiro atoms. The highest BCUT2D eigenvalue weighted by atomic mass is 16.5. The molecule has 5 heterocycles. The van der Waals surface area contributed by atoms with Gasteiger partial charge in [0.25, 0.3) is 11.5 Å². The Labute approximate surface area is 224 Å².